The third-order valence-corrected chi connectivity index (χ3v) is 3.29. The maximum Gasteiger partial charge on any atom is 0.335 e. The van der Waals surface area contributed by atoms with Gasteiger partial charge < -0.3 is 9.64 Å². The van der Waals surface area contributed by atoms with E-state index >= 15 is 0 Å². The van der Waals surface area contributed by atoms with Crippen molar-refractivity contribution in [1.29, 1.82) is 0 Å². The fraction of sp³-hybridized carbons (Fsp3) is 0.667. The predicted octanol–water partition coefficient (Wildman–Crippen LogP) is 3.28. The van der Waals surface area contributed by atoms with Gasteiger partial charge in [0.1, 0.15) is 0 Å². The molecule has 0 spiro atoms. The van der Waals surface area contributed by atoms with E-state index in [0.29, 0.717) is 6.61 Å². The molecule has 0 N–H and O–H groups in total. The van der Waals surface area contributed by atoms with Crippen LogP contribution in [0.4, 0.5) is 0 Å². The summed E-state index contributed by atoms with van der Waals surface area (Å²) in [6, 6.07) is 0. The van der Waals surface area contributed by atoms with Gasteiger partial charge in [-0.15, -0.1) is 0 Å². The van der Waals surface area contributed by atoms with E-state index in [9.17, 15) is 4.79 Å². The van der Waals surface area contributed by atoms with Gasteiger partial charge in [-0.25, -0.2) is 4.79 Å². The summed E-state index contributed by atoms with van der Waals surface area (Å²) in [6.07, 6.45) is 8.57. The van der Waals surface area contributed by atoms with E-state index in [2.05, 4.69) is 17.1 Å². The molecule has 0 radical (unpaired) electrons. The van der Waals surface area contributed by atoms with Gasteiger partial charge in [0, 0.05) is 18.8 Å². The Morgan fingerprint density at radius 1 is 1.33 bits per heavy atom. The molecule has 0 aliphatic carbocycles. The number of hydrogen-bond acceptors (Lipinski definition) is 3. The minimum Gasteiger partial charge on any atom is -0.463 e. The molecule has 0 unspecified atom stereocenters. The van der Waals surface area contributed by atoms with E-state index in [0.717, 1.165) is 31.5 Å². The quantitative estimate of drug-likeness (QED) is 0.412. The Hall–Kier alpha value is -1.25. The first-order valence-electron chi connectivity index (χ1n) is 6.93. The molecule has 1 saturated heterocycles. The summed E-state index contributed by atoms with van der Waals surface area (Å²) in [6.45, 7) is 8.35. The van der Waals surface area contributed by atoms with Gasteiger partial charge in [0.15, 0.2) is 0 Å². The summed E-state index contributed by atoms with van der Waals surface area (Å²) in [7, 11) is 0. The Balaban J connectivity index is 2.79. The van der Waals surface area contributed by atoms with Crippen LogP contribution in [0.15, 0.2) is 23.4 Å². The number of nitrogens with zero attached hydrogens (tertiary/aromatic N) is 1. The van der Waals surface area contributed by atoms with Crippen LogP contribution in [0.1, 0.15) is 46.5 Å². The second kappa shape index (κ2) is 7.96. The molecule has 3 heteroatoms. The molecular formula is C15H25NO2. The van der Waals surface area contributed by atoms with Gasteiger partial charge in [0.25, 0.3) is 0 Å². The molecule has 1 heterocycles. The highest BCUT2D eigenvalue weighted by atomic mass is 16.5. The van der Waals surface area contributed by atoms with Crippen molar-refractivity contribution < 1.29 is 9.53 Å². The number of rotatable bonds is 6. The minimum atomic E-state index is -0.167. The van der Waals surface area contributed by atoms with E-state index < -0.39 is 0 Å². The molecule has 102 valence electrons. The molecule has 0 amide bonds. The number of likely N-dealkylation sites (tertiary alicyclic amines) is 1. The van der Waals surface area contributed by atoms with Gasteiger partial charge >= 0.3 is 5.97 Å². The van der Waals surface area contributed by atoms with Crippen molar-refractivity contribution >= 4 is 5.97 Å². The lowest BCUT2D eigenvalue weighted by Crippen LogP contribution is -2.22. The lowest BCUT2D eigenvalue weighted by Gasteiger charge is -2.23. The van der Waals surface area contributed by atoms with Crippen molar-refractivity contribution in [2.45, 2.75) is 46.5 Å². The van der Waals surface area contributed by atoms with Gasteiger partial charge in [-0.3, -0.25) is 0 Å². The van der Waals surface area contributed by atoms with Crippen LogP contribution in [-0.4, -0.2) is 30.6 Å². The van der Waals surface area contributed by atoms with E-state index in [1.807, 2.05) is 20.8 Å². The summed E-state index contributed by atoms with van der Waals surface area (Å²) in [5, 5.41) is 0. The lowest BCUT2D eigenvalue weighted by atomic mass is 10.1. The highest BCUT2D eigenvalue weighted by Crippen LogP contribution is 2.22. The lowest BCUT2D eigenvalue weighted by molar-refractivity contribution is -0.138. The maximum atomic E-state index is 11.8. The molecule has 0 atom stereocenters. The molecule has 0 aromatic carbocycles. The van der Waals surface area contributed by atoms with Gasteiger partial charge in [-0.2, -0.15) is 0 Å². The summed E-state index contributed by atoms with van der Waals surface area (Å²) in [4.78, 5) is 14.2. The Morgan fingerprint density at radius 2 is 2.00 bits per heavy atom. The summed E-state index contributed by atoms with van der Waals surface area (Å²) >= 11 is 0. The molecule has 3 nitrogen and oxygen atoms in total. The molecule has 1 aliphatic heterocycles. The first-order chi connectivity index (χ1) is 8.70. The van der Waals surface area contributed by atoms with Crippen LogP contribution in [0.3, 0.4) is 0 Å². The van der Waals surface area contributed by atoms with Crippen molar-refractivity contribution in [1.82, 2.24) is 4.90 Å². The van der Waals surface area contributed by atoms with Gasteiger partial charge in [-0.1, -0.05) is 12.2 Å². The van der Waals surface area contributed by atoms with E-state index in [4.69, 9.17) is 4.74 Å². The van der Waals surface area contributed by atoms with E-state index in [1.54, 1.807) is 0 Å². The zero-order chi connectivity index (χ0) is 13.4. The number of carbonyl (C=O) groups excluding carboxylic acids is 1. The SMILES string of the molecule is CC=CCCC(=C(C)C(=O)OCC)N1CCCC1. The first-order valence-corrected chi connectivity index (χ1v) is 6.93. The van der Waals surface area contributed by atoms with E-state index in [1.165, 1.54) is 18.5 Å². The van der Waals surface area contributed by atoms with E-state index in [-0.39, 0.29) is 5.97 Å². The Morgan fingerprint density at radius 3 is 2.56 bits per heavy atom. The van der Waals surface area contributed by atoms with Crippen LogP contribution < -0.4 is 0 Å². The Kier molecular flexibility index (Phi) is 6.55. The maximum absolute atomic E-state index is 11.8. The smallest absolute Gasteiger partial charge is 0.335 e. The standard InChI is InChI=1S/C15H25NO2/c1-4-6-7-10-14(16-11-8-9-12-16)13(3)15(17)18-5-2/h4,6H,5,7-12H2,1-3H3. The zero-order valence-corrected chi connectivity index (χ0v) is 11.9. The fourth-order valence-corrected chi connectivity index (χ4v) is 2.31. The normalized spacial score (nSPS) is 17.2. The van der Waals surface area contributed by atoms with Crippen molar-refractivity contribution in [2.24, 2.45) is 0 Å². The minimum absolute atomic E-state index is 0.167. The van der Waals surface area contributed by atoms with Crippen LogP contribution >= 0.6 is 0 Å². The summed E-state index contributed by atoms with van der Waals surface area (Å²) < 4.78 is 5.11. The number of allylic oxidation sites excluding steroid dienone is 3. The molecule has 1 fully saturated rings. The van der Waals surface area contributed by atoms with Crippen LogP contribution in [0.25, 0.3) is 0 Å². The van der Waals surface area contributed by atoms with Crippen molar-refractivity contribution in [3.63, 3.8) is 0 Å². The Labute approximate surface area is 110 Å². The molecule has 0 bridgehead atoms. The van der Waals surface area contributed by atoms with Crippen molar-refractivity contribution in [3.8, 4) is 0 Å². The largest absolute Gasteiger partial charge is 0.463 e. The van der Waals surface area contributed by atoms with Crippen LogP contribution in [0, 0.1) is 0 Å². The highest BCUT2D eigenvalue weighted by Gasteiger charge is 2.20. The number of hydrogen-bond donors (Lipinski definition) is 0. The van der Waals surface area contributed by atoms with Crippen LogP contribution in [-0.2, 0) is 9.53 Å². The van der Waals surface area contributed by atoms with Gasteiger partial charge in [0.2, 0.25) is 0 Å². The summed E-state index contributed by atoms with van der Waals surface area (Å²) in [5.41, 5.74) is 1.95. The van der Waals surface area contributed by atoms with Crippen LogP contribution in [0.5, 0.6) is 0 Å². The molecular weight excluding hydrogens is 226 g/mol. The second-order valence-electron chi connectivity index (χ2n) is 4.59. The third kappa shape index (κ3) is 4.21. The summed E-state index contributed by atoms with van der Waals surface area (Å²) in [5.74, 6) is -0.167. The van der Waals surface area contributed by atoms with Crippen molar-refractivity contribution in [3.05, 3.63) is 23.4 Å². The van der Waals surface area contributed by atoms with Gasteiger partial charge in [-0.05, 0) is 46.5 Å². The molecule has 1 aliphatic rings. The second-order valence-corrected chi connectivity index (χ2v) is 4.59. The number of carbonyl (C=O) groups is 1. The number of ether oxygens (including phenoxy) is 1. The molecule has 18 heavy (non-hydrogen) atoms. The zero-order valence-electron chi connectivity index (χ0n) is 11.9. The molecule has 0 aromatic heterocycles. The Bertz CT molecular complexity index is 325. The number of esters is 1. The monoisotopic (exact) mass is 251 g/mol. The fourth-order valence-electron chi connectivity index (χ4n) is 2.31. The molecule has 1 rings (SSSR count). The average Bonchev–Trinajstić information content (AvgIpc) is 2.88. The van der Waals surface area contributed by atoms with Gasteiger partial charge in [0.05, 0.1) is 12.2 Å². The van der Waals surface area contributed by atoms with Crippen LogP contribution in [0.2, 0.25) is 0 Å². The molecule has 0 aromatic rings. The predicted molar refractivity (Wildman–Crippen MR) is 74.2 cm³/mol. The van der Waals surface area contributed by atoms with Crippen molar-refractivity contribution in [2.75, 3.05) is 19.7 Å². The average molecular weight is 251 g/mol. The highest BCUT2D eigenvalue weighted by molar-refractivity contribution is 5.88. The molecule has 0 saturated carbocycles. The first kappa shape index (κ1) is 14.8. The third-order valence-electron chi connectivity index (χ3n) is 3.29. The topological polar surface area (TPSA) is 29.5 Å².